The van der Waals surface area contributed by atoms with E-state index in [1.165, 1.54) is 0 Å². The molecule has 1 aromatic carbocycles. The lowest BCUT2D eigenvalue weighted by Gasteiger charge is -2.15. The molecule has 0 aliphatic carbocycles. The van der Waals surface area contributed by atoms with Gasteiger partial charge in [0.25, 0.3) is 0 Å². The van der Waals surface area contributed by atoms with Gasteiger partial charge in [0.15, 0.2) is 5.69 Å². The Labute approximate surface area is 116 Å². The average Bonchev–Trinajstić information content (AvgIpc) is 2.81. The number of benzene rings is 1. The van der Waals surface area contributed by atoms with Gasteiger partial charge in [-0.3, -0.25) is 0 Å². The van der Waals surface area contributed by atoms with Crippen LogP contribution < -0.4 is 4.74 Å². The number of hydrogen-bond donors (Lipinski definition) is 1. The van der Waals surface area contributed by atoms with E-state index in [4.69, 9.17) is 4.74 Å². The molecule has 0 fully saturated rings. The molecule has 0 amide bonds. The van der Waals surface area contributed by atoms with Gasteiger partial charge in [-0.1, -0.05) is 29.8 Å². The number of ether oxygens (including phenoxy) is 1. The van der Waals surface area contributed by atoms with Gasteiger partial charge in [-0.05, 0) is 25.5 Å². The number of hydrogen-bond acceptors (Lipinski definition) is 3. The van der Waals surface area contributed by atoms with Gasteiger partial charge in [-0.25, -0.2) is 9.48 Å². The molecular weight excluding hydrogens is 256 g/mol. The molecule has 1 N–H and O–H groups in total. The molecule has 102 valence electrons. The molecule has 5 nitrogen and oxygen atoms in total. The van der Waals surface area contributed by atoms with Gasteiger partial charge in [-0.15, -0.1) is 0 Å². The molecule has 5 heteroatoms. The molecule has 2 aromatic rings. The number of carbonyl (C=O) groups is 1. The summed E-state index contributed by atoms with van der Waals surface area (Å²) in [4.78, 5) is 11.4. The van der Waals surface area contributed by atoms with E-state index in [-0.39, 0.29) is 5.69 Å². The third kappa shape index (κ3) is 1.87. The maximum Gasteiger partial charge on any atom is 0.357 e. The first-order chi connectivity index (χ1) is 9.58. The lowest BCUT2D eigenvalue weighted by molar-refractivity contribution is 0.0691. The zero-order chi connectivity index (χ0) is 14.3. The van der Waals surface area contributed by atoms with Crippen molar-refractivity contribution in [1.82, 2.24) is 9.78 Å². The lowest BCUT2D eigenvalue weighted by Crippen LogP contribution is -2.10. The number of aromatic carboxylic acids is 1. The molecule has 0 atom stereocenters. The zero-order valence-electron chi connectivity index (χ0n) is 11.3. The largest absolute Gasteiger partial charge is 0.476 e. The van der Waals surface area contributed by atoms with Crippen LogP contribution in [0.15, 0.2) is 30.3 Å². The van der Waals surface area contributed by atoms with Crippen LogP contribution in [-0.4, -0.2) is 27.5 Å². The first-order valence-corrected chi connectivity index (χ1v) is 6.31. The van der Waals surface area contributed by atoms with Crippen molar-refractivity contribution in [3.8, 4) is 17.0 Å². The minimum atomic E-state index is -1.06. The van der Waals surface area contributed by atoms with E-state index in [1.807, 2.05) is 44.2 Å². The Balaban J connectivity index is 2.26. The minimum Gasteiger partial charge on any atom is -0.476 e. The van der Waals surface area contributed by atoms with Gasteiger partial charge < -0.3 is 9.84 Å². The van der Waals surface area contributed by atoms with Crippen molar-refractivity contribution < 1.29 is 14.6 Å². The molecule has 20 heavy (non-hydrogen) atoms. The number of nitrogens with zero attached hydrogens (tertiary/aromatic N) is 2. The fourth-order valence-corrected chi connectivity index (χ4v) is 2.23. The van der Waals surface area contributed by atoms with Crippen LogP contribution in [-0.2, 0) is 0 Å². The third-order valence-electron chi connectivity index (χ3n) is 3.32. The molecule has 0 bridgehead atoms. The monoisotopic (exact) mass is 270 g/mol. The molecule has 1 aromatic heterocycles. The predicted molar refractivity (Wildman–Crippen MR) is 74.8 cm³/mol. The SMILES string of the molecule is CC1=CCOc2c(-c3ccc(C)cc3)c(C(=O)O)nn21. The number of aromatic nitrogens is 2. The van der Waals surface area contributed by atoms with E-state index in [0.29, 0.717) is 18.1 Å². The van der Waals surface area contributed by atoms with E-state index < -0.39 is 5.97 Å². The molecule has 3 rings (SSSR count). The first-order valence-electron chi connectivity index (χ1n) is 6.31. The molecule has 0 unspecified atom stereocenters. The van der Waals surface area contributed by atoms with E-state index in [1.54, 1.807) is 4.68 Å². The number of carboxylic acid groups (broad SMARTS) is 1. The van der Waals surface area contributed by atoms with E-state index in [9.17, 15) is 9.90 Å². The summed E-state index contributed by atoms with van der Waals surface area (Å²) in [6.07, 6.45) is 1.87. The van der Waals surface area contributed by atoms with Gasteiger partial charge in [0, 0.05) is 5.70 Å². The summed E-state index contributed by atoms with van der Waals surface area (Å²) in [5, 5.41) is 13.5. The summed E-state index contributed by atoms with van der Waals surface area (Å²) >= 11 is 0. The average molecular weight is 270 g/mol. The smallest absolute Gasteiger partial charge is 0.357 e. The fraction of sp³-hybridized carbons (Fsp3) is 0.200. The predicted octanol–water partition coefficient (Wildman–Crippen LogP) is 2.81. The molecule has 2 heterocycles. The van der Waals surface area contributed by atoms with Crippen molar-refractivity contribution in [1.29, 1.82) is 0 Å². The highest BCUT2D eigenvalue weighted by molar-refractivity contribution is 5.96. The van der Waals surface area contributed by atoms with Gasteiger partial charge in [-0.2, -0.15) is 5.10 Å². The quantitative estimate of drug-likeness (QED) is 0.911. The molecule has 1 aliphatic rings. The standard InChI is InChI=1S/C15H14N2O3/c1-9-3-5-11(6-4-9)12-13(15(18)19)16-17-10(2)7-8-20-14(12)17/h3-7H,8H2,1-2H3,(H,18,19). The van der Waals surface area contributed by atoms with Crippen molar-refractivity contribution in [2.45, 2.75) is 13.8 Å². The van der Waals surface area contributed by atoms with E-state index in [0.717, 1.165) is 16.8 Å². The Bertz CT molecular complexity index is 711. The Morgan fingerprint density at radius 1 is 1.30 bits per heavy atom. The Morgan fingerprint density at radius 3 is 2.65 bits per heavy atom. The van der Waals surface area contributed by atoms with Crippen molar-refractivity contribution in [2.75, 3.05) is 6.61 Å². The molecule has 1 aliphatic heterocycles. The molecule has 0 radical (unpaired) electrons. The van der Waals surface area contributed by atoms with E-state index >= 15 is 0 Å². The summed E-state index contributed by atoms with van der Waals surface area (Å²) < 4.78 is 7.15. The zero-order valence-corrected chi connectivity index (χ0v) is 11.3. The number of carboxylic acids is 1. The first kappa shape index (κ1) is 12.5. The second-order valence-corrected chi connectivity index (χ2v) is 4.77. The number of fused-ring (bicyclic) bond motifs is 1. The summed E-state index contributed by atoms with van der Waals surface area (Å²) in [6, 6.07) is 7.65. The van der Waals surface area contributed by atoms with Crippen molar-refractivity contribution in [3.05, 3.63) is 41.6 Å². The Morgan fingerprint density at radius 2 is 2.00 bits per heavy atom. The highest BCUT2D eigenvalue weighted by Gasteiger charge is 2.27. The van der Waals surface area contributed by atoms with Gasteiger partial charge in [0.1, 0.15) is 6.61 Å². The number of allylic oxidation sites excluding steroid dienone is 1. The Kier molecular flexibility index (Phi) is 2.82. The van der Waals surface area contributed by atoms with Crippen LogP contribution in [0.1, 0.15) is 23.0 Å². The third-order valence-corrected chi connectivity index (χ3v) is 3.32. The molecule has 0 saturated carbocycles. The van der Waals surface area contributed by atoms with Crippen LogP contribution in [0, 0.1) is 6.92 Å². The summed E-state index contributed by atoms with van der Waals surface area (Å²) in [6.45, 7) is 4.29. The normalized spacial score (nSPS) is 13.4. The fourth-order valence-electron chi connectivity index (χ4n) is 2.23. The Hall–Kier alpha value is -2.56. The van der Waals surface area contributed by atoms with E-state index in [2.05, 4.69) is 5.10 Å². The van der Waals surface area contributed by atoms with Crippen LogP contribution in [0.25, 0.3) is 16.8 Å². The minimum absolute atomic E-state index is 0.0125. The van der Waals surface area contributed by atoms with Crippen molar-refractivity contribution >= 4 is 11.7 Å². The number of rotatable bonds is 2. The van der Waals surface area contributed by atoms with Gasteiger partial charge >= 0.3 is 5.97 Å². The summed E-state index contributed by atoms with van der Waals surface area (Å²) in [7, 11) is 0. The van der Waals surface area contributed by atoms with Crippen LogP contribution in [0.2, 0.25) is 0 Å². The summed E-state index contributed by atoms with van der Waals surface area (Å²) in [5.74, 6) is -0.565. The second kappa shape index (κ2) is 4.52. The maximum absolute atomic E-state index is 11.4. The molecule has 0 saturated heterocycles. The topological polar surface area (TPSA) is 64.3 Å². The highest BCUT2D eigenvalue weighted by atomic mass is 16.5. The second-order valence-electron chi connectivity index (χ2n) is 4.77. The van der Waals surface area contributed by atoms with Gasteiger partial charge in [0.2, 0.25) is 5.88 Å². The van der Waals surface area contributed by atoms with Crippen LogP contribution in [0.5, 0.6) is 5.88 Å². The van der Waals surface area contributed by atoms with Gasteiger partial charge in [0.05, 0.1) is 5.56 Å². The van der Waals surface area contributed by atoms with Crippen molar-refractivity contribution in [3.63, 3.8) is 0 Å². The number of aryl methyl sites for hydroxylation is 1. The maximum atomic E-state index is 11.4. The molecule has 0 spiro atoms. The van der Waals surface area contributed by atoms with Crippen LogP contribution in [0.3, 0.4) is 0 Å². The van der Waals surface area contributed by atoms with Crippen LogP contribution >= 0.6 is 0 Å². The van der Waals surface area contributed by atoms with Crippen molar-refractivity contribution in [2.24, 2.45) is 0 Å². The lowest BCUT2D eigenvalue weighted by atomic mass is 10.0. The summed E-state index contributed by atoms with van der Waals surface area (Å²) in [5.41, 5.74) is 3.32. The van der Waals surface area contributed by atoms with Crippen LogP contribution in [0.4, 0.5) is 0 Å². The molecular formula is C15H14N2O3. The highest BCUT2D eigenvalue weighted by Crippen LogP contribution is 2.37.